The largest absolute Gasteiger partial charge is 0.453 e. The van der Waals surface area contributed by atoms with Crippen molar-refractivity contribution < 1.29 is 18.3 Å². The summed E-state index contributed by atoms with van der Waals surface area (Å²) in [6.07, 6.45) is 0.632. The molecule has 4 rings (SSSR count). The summed E-state index contributed by atoms with van der Waals surface area (Å²) in [7, 11) is 3.78. The Labute approximate surface area is 220 Å². The molecule has 1 aliphatic heterocycles. The number of likely N-dealkylation sites (N-methyl/N-ethyl adjacent to an activating group) is 1. The number of aromatic nitrogens is 5. The molecule has 1 atom stereocenters. The number of nitrogen functional groups attached to an aromatic ring is 1. The SMILES string of the molecule is CCCC(Oc1nc(N)c2ncc(Cc3cnc(N4CCN(C(=O)CN(C)C)CC4)c(C)c3)n2n1)C(F)F. The second-order valence-corrected chi connectivity index (χ2v) is 9.81. The Balaban J connectivity index is 1.47. The number of hydrogen-bond acceptors (Lipinski definition) is 9. The minimum atomic E-state index is -2.66. The second kappa shape index (κ2) is 11.8. The van der Waals surface area contributed by atoms with Crippen molar-refractivity contribution in [3.8, 4) is 6.01 Å². The summed E-state index contributed by atoms with van der Waals surface area (Å²) in [5.74, 6) is 1.08. The number of carbonyl (C=O) groups is 1. The van der Waals surface area contributed by atoms with Crippen LogP contribution in [0.15, 0.2) is 18.5 Å². The van der Waals surface area contributed by atoms with Crippen LogP contribution in [-0.4, -0.2) is 99.6 Å². The van der Waals surface area contributed by atoms with Crippen molar-refractivity contribution in [1.29, 1.82) is 0 Å². The first-order valence-electron chi connectivity index (χ1n) is 12.7. The number of fused-ring (bicyclic) bond motifs is 1. The van der Waals surface area contributed by atoms with Crippen LogP contribution in [-0.2, 0) is 11.2 Å². The lowest BCUT2D eigenvalue weighted by Gasteiger charge is -2.36. The number of nitrogens with zero attached hydrogens (tertiary/aromatic N) is 8. The number of nitrogens with two attached hydrogens (primary N) is 1. The van der Waals surface area contributed by atoms with E-state index in [2.05, 4.69) is 26.0 Å². The van der Waals surface area contributed by atoms with Gasteiger partial charge in [-0.15, -0.1) is 5.10 Å². The monoisotopic (exact) mass is 531 g/mol. The van der Waals surface area contributed by atoms with Gasteiger partial charge in [-0.1, -0.05) is 19.4 Å². The normalized spacial score (nSPS) is 15.1. The lowest BCUT2D eigenvalue weighted by molar-refractivity contribution is -0.132. The van der Waals surface area contributed by atoms with Crippen LogP contribution in [0.25, 0.3) is 5.65 Å². The third-order valence-electron chi connectivity index (χ3n) is 6.43. The second-order valence-electron chi connectivity index (χ2n) is 9.81. The highest BCUT2D eigenvalue weighted by Crippen LogP contribution is 2.23. The molecular formula is C25H35F2N9O2. The van der Waals surface area contributed by atoms with Crippen LogP contribution in [0.5, 0.6) is 6.01 Å². The van der Waals surface area contributed by atoms with Crippen LogP contribution < -0.4 is 15.4 Å². The first kappa shape index (κ1) is 27.4. The maximum atomic E-state index is 13.3. The Hall–Kier alpha value is -3.61. The summed E-state index contributed by atoms with van der Waals surface area (Å²) in [6.45, 7) is 6.98. The Morgan fingerprint density at radius 1 is 1.18 bits per heavy atom. The Kier molecular flexibility index (Phi) is 8.55. The van der Waals surface area contributed by atoms with Gasteiger partial charge in [0, 0.05) is 38.8 Å². The third kappa shape index (κ3) is 6.26. The molecule has 0 aliphatic carbocycles. The molecule has 1 unspecified atom stereocenters. The average molecular weight is 532 g/mol. The van der Waals surface area contributed by atoms with Crippen LogP contribution in [0.2, 0.25) is 0 Å². The lowest BCUT2D eigenvalue weighted by Crippen LogP contribution is -2.51. The molecule has 2 N–H and O–H groups in total. The molecule has 1 aliphatic rings. The van der Waals surface area contributed by atoms with Crippen molar-refractivity contribution in [1.82, 2.24) is 34.4 Å². The van der Waals surface area contributed by atoms with Gasteiger partial charge in [-0.25, -0.2) is 23.3 Å². The lowest BCUT2D eigenvalue weighted by atomic mass is 10.1. The average Bonchev–Trinajstić information content (AvgIpc) is 3.26. The van der Waals surface area contributed by atoms with E-state index >= 15 is 0 Å². The minimum absolute atomic E-state index is 0.0543. The van der Waals surface area contributed by atoms with Crippen LogP contribution in [0.1, 0.15) is 36.6 Å². The van der Waals surface area contributed by atoms with Gasteiger partial charge < -0.3 is 25.2 Å². The van der Waals surface area contributed by atoms with Gasteiger partial charge in [0.15, 0.2) is 17.6 Å². The molecule has 11 nitrogen and oxygen atoms in total. The van der Waals surface area contributed by atoms with Crippen molar-refractivity contribution in [2.24, 2.45) is 0 Å². The molecule has 0 bridgehead atoms. The van der Waals surface area contributed by atoms with E-state index in [0.717, 1.165) is 30.0 Å². The molecular weight excluding hydrogens is 496 g/mol. The molecule has 3 aromatic rings. The predicted molar refractivity (Wildman–Crippen MR) is 140 cm³/mol. The van der Waals surface area contributed by atoms with Crippen LogP contribution in [0, 0.1) is 6.92 Å². The first-order chi connectivity index (χ1) is 18.2. The summed E-state index contributed by atoms with van der Waals surface area (Å²) in [5, 5.41) is 4.29. The topological polar surface area (TPSA) is 118 Å². The molecule has 0 spiro atoms. The van der Waals surface area contributed by atoms with Gasteiger partial charge in [-0.2, -0.15) is 4.98 Å². The van der Waals surface area contributed by atoms with Gasteiger partial charge in [0.1, 0.15) is 5.82 Å². The predicted octanol–water partition coefficient (Wildman–Crippen LogP) is 2.02. The minimum Gasteiger partial charge on any atom is -0.453 e. The van der Waals surface area contributed by atoms with E-state index in [1.807, 2.05) is 30.8 Å². The summed E-state index contributed by atoms with van der Waals surface area (Å²) in [4.78, 5) is 31.3. The van der Waals surface area contributed by atoms with Crippen LogP contribution >= 0.6 is 0 Å². The molecule has 206 valence electrons. The van der Waals surface area contributed by atoms with E-state index in [1.54, 1.807) is 19.3 Å². The quantitative estimate of drug-likeness (QED) is 0.419. The van der Waals surface area contributed by atoms with Gasteiger partial charge in [-0.3, -0.25) is 4.79 Å². The van der Waals surface area contributed by atoms with Crippen molar-refractivity contribution >= 4 is 23.2 Å². The zero-order valence-electron chi connectivity index (χ0n) is 22.3. The molecule has 0 aromatic carbocycles. The van der Waals surface area contributed by atoms with E-state index in [-0.39, 0.29) is 24.2 Å². The number of piperazine rings is 1. The highest BCUT2D eigenvalue weighted by atomic mass is 19.3. The molecule has 13 heteroatoms. The molecule has 3 aromatic heterocycles. The first-order valence-corrected chi connectivity index (χ1v) is 12.7. The fraction of sp³-hybridized carbons (Fsp3) is 0.560. The Bertz CT molecular complexity index is 1260. The number of rotatable bonds is 10. The molecule has 0 saturated carbocycles. The van der Waals surface area contributed by atoms with Crippen LogP contribution in [0.3, 0.4) is 0 Å². The summed E-state index contributed by atoms with van der Waals surface area (Å²) in [5.41, 5.74) is 9.00. The van der Waals surface area contributed by atoms with E-state index in [9.17, 15) is 13.6 Å². The van der Waals surface area contributed by atoms with Gasteiger partial charge in [-0.05, 0) is 38.6 Å². The number of carbonyl (C=O) groups excluding carboxylic acids is 1. The zero-order chi connectivity index (χ0) is 27.4. The summed E-state index contributed by atoms with van der Waals surface area (Å²) in [6, 6.07) is 1.85. The molecule has 1 amide bonds. The van der Waals surface area contributed by atoms with Gasteiger partial charge >= 0.3 is 6.01 Å². The highest BCUT2D eigenvalue weighted by molar-refractivity contribution is 5.78. The van der Waals surface area contributed by atoms with E-state index < -0.39 is 12.5 Å². The summed E-state index contributed by atoms with van der Waals surface area (Å²) >= 11 is 0. The van der Waals surface area contributed by atoms with Crippen LogP contribution in [0.4, 0.5) is 20.4 Å². The van der Waals surface area contributed by atoms with Crippen molar-refractivity contribution in [2.75, 3.05) is 57.5 Å². The molecule has 1 fully saturated rings. The number of pyridine rings is 1. The fourth-order valence-corrected chi connectivity index (χ4v) is 4.56. The smallest absolute Gasteiger partial charge is 0.336 e. The number of imidazole rings is 1. The zero-order valence-corrected chi connectivity index (χ0v) is 22.3. The van der Waals surface area contributed by atoms with E-state index in [1.165, 1.54) is 4.52 Å². The molecule has 0 radical (unpaired) electrons. The standard InChI is InChI=1S/C25H35F2N9O2/c1-5-6-19(21(26)27)38-25-31-22(28)24-30-14-18(36(24)32-25)12-17-11-16(2)23(29-13-17)35-9-7-34(8-10-35)20(37)15-33(3)4/h11,13-14,19,21H,5-10,12,15H2,1-4H3,(H2,28,31,32). The Morgan fingerprint density at radius 2 is 1.92 bits per heavy atom. The van der Waals surface area contributed by atoms with Crippen molar-refractivity contribution in [2.45, 2.75) is 45.6 Å². The number of ether oxygens (including phenoxy) is 1. The number of aryl methyl sites for hydroxylation is 1. The number of halogens is 2. The van der Waals surface area contributed by atoms with Gasteiger partial charge in [0.25, 0.3) is 6.43 Å². The highest BCUT2D eigenvalue weighted by Gasteiger charge is 2.25. The van der Waals surface area contributed by atoms with Gasteiger partial charge in [0.2, 0.25) is 5.91 Å². The van der Waals surface area contributed by atoms with Gasteiger partial charge in [0.05, 0.1) is 18.4 Å². The number of alkyl halides is 2. The van der Waals surface area contributed by atoms with E-state index in [4.69, 9.17) is 15.5 Å². The number of hydrogen-bond donors (Lipinski definition) is 1. The maximum absolute atomic E-state index is 13.3. The van der Waals surface area contributed by atoms with E-state index in [0.29, 0.717) is 43.8 Å². The maximum Gasteiger partial charge on any atom is 0.336 e. The molecule has 4 heterocycles. The molecule has 1 saturated heterocycles. The molecule has 38 heavy (non-hydrogen) atoms. The third-order valence-corrected chi connectivity index (χ3v) is 6.43. The summed E-state index contributed by atoms with van der Waals surface area (Å²) < 4.78 is 33.5. The number of amides is 1. The van der Waals surface area contributed by atoms with Crippen molar-refractivity contribution in [3.63, 3.8) is 0 Å². The fourth-order valence-electron chi connectivity index (χ4n) is 4.56. The number of anilines is 2. The Morgan fingerprint density at radius 3 is 2.55 bits per heavy atom. The van der Waals surface area contributed by atoms with Crippen molar-refractivity contribution in [3.05, 3.63) is 35.3 Å².